The van der Waals surface area contributed by atoms with Crippen LogP contribution in [0.4, 0.5) is 8.78 Å². The maximum Gasteiger partial charge on any atom is 0.173 e. The summed E-state index contributed by atoms with van der Waals surface area (Å²) in [4.78, 5) is 2.30. The van der Waals surface area contributed by atoms with Crippen molar-refractivity contribution in [3.05, 3.63) is 109 Å². The van der Waals surface area contributed by atoms with Crippen molar-refractivity contribution in [2.24, 2.45) is 0 Å². The molecule has 0 aromatic heterocycles. The molecule has 0 aliphatic rings. The SMILES string of the molecule is CC(C)(C)Oc1cc(OC(C)(C)C)cc([S+](c2ccccc2)c2ccccc2)c1.O=S(=O)([O-])c1c(F)cccc1F. The molecule has 9 heteroatoms. The fourth-order valence-electron chi connectivity index (χ4n) is 3.73. The molecular formula is C32H34F2O5S2. The number of ether oxygens (including phenoxy) is 2. The predicted molar refractivity (Wildman–Crippen MR) is 157 cm³/mol. The van der Waals surface area contributed by atoms with Crippen LogP contribution in [0.3, 0.4) is 0 Å². The number of halogens is 2. The predicted octanol–water partition coefficient (Wildman–Crippen LogP) is 8.01. The lowest BCUT2D eigenvalue weighted by atomic mass is 10.2. The van der Waals surface area contributed by atoms with Crippen molar-refractivity contribution in [3.63, 3.8) is 0 Å². The van der Waals surface area contributed by atoms with E-state index in [-0.39, 0.29) is 22.1 Å². The Bertz CT molecular complexity index is 1450. The van der Waals surface area contributed by atoms with E-state index in [2.05, 4.69) is 114 Å². The fourth-order valence-corrected chi connectivity index (χ4v) is 6.49. The summed E-state index contributed by atoms with van der Waals surface area (Å²) in [7, 11) is -5.32. The van der Waals surface area contributed by atoms with Crippen LogP contribution < -0.4 is 9.47 Å². The van der Waals surface area contributed by atoms with Crippen LogP contribution in [0.2, 0.25) is 0 Å². The Kier molecular flexibility index (Phi) is 10.2. The molecule has 0 radical (unpaired) electrons. The largest absolute Gasteiger partial charge is 0.744 e. The van der Waals surface area contributed by atoms with Crippen molar-refractivity contribution < 1.29 is 31.2 Å². The molecule has 5 nitrogen and oxygen atoms in total. The maximum atomic E-state index is 12.5. The lowest BCUT2D eigenvalue weighted by molar-refractivity contribution is 0.120. The van der Waals surface area contributed by atoms with E-state index in [4.69, 9.17) is 9.47 Å². The third-order valence-corrected chi connectivity index (χ3v) is 8.15. The Hall–Kier alpha value is -3.40. The van der Waals surface area contributed by atoms with E-state index in [1.807, 2.05) is 6.07 Å². The molecule has 0 aliphatic heterocycles. The quantitative estimate of drug-likeness (QED) is 0.166. The summed E-state index contributed by atoms with van der Waals surface area (Å²) in [5, 5.41) is 0. The first kappa shape index (κ1) is 32.1. The van der Waals surface area contributed by atoms with Gasteiger partial charge in [0, 0.05) is 18.2 Å². The second-order valence-electron chi connectivity index (χ2n) is 11.0. The van der Waals surface area contributed by atoms with E-state index in [0.29, 0.717) is 12.1 Å². The Morgan fingerprint density at radius 3 is 1.32 bits per heavy atom. The standard InChI is InChI=1S/C26H31O2S.C6H4F2O3S/c1-25(2,3)27-20-17-21(28-26(4,5)6)19-24(18-20)29(22-13-9-7-10-14-22)23-15-11-8-12-16-23;7-4-2-1-3-5(8)6(4)12(9,10)11/h7-19H,1-6H3;1-3H,(H,9,10,11)/q+1;/p-1. The van der Waals surface area contributed by atoms with E-state index in [0.717, 1.165) is 17.6 Å². The van der Waals surface area contributed by atoms with Crippen molar-refractivity contribution in [2.45, 2.75) is 72.3 Å². The highest BCUT2D eigenvalue weighted by molar-refractivity contribution is 7.97. The topological polar surface area (TPSA) is 75.7 Å². The van der Waals surface area contributed by atoms with Crippen LogP contribution in [0.1, 0.15) is 41.5 Å². The summed E-state index contributed by atoms with van der Waals surface area (Å²) in [5.41, 5.74) is -0.564. The average molecular weight is 601 g/mol. The fraction of sp³-hybridized carbons (Fsp3) is 0.250. The third-order valence-electron chi connectivity index (χ3n) is 5.06. The van der Waals surface area contributed by atoms with Gasteiger partial charge in [-0.1, -0.05) is 42.5 Å². The second-order valence-corrected chi connectivity index (χ2v) is 14.3. The van der Waals surface area contributed by atoms with Gasteiger partial charge in [0.25, 0.3) is 0 Å². The van der Waals surface area contributed by atoms with Gasteiger partial charge in [-0.05, 0) is 77.9 Å². The van der Waals surface area contributed by atoms with Gasteiger partial charge >= 0.3 is 0 Å². The number of rotatable bonds is 6. The highest BCUT2D eigenvalue weighted by Crippen LogP contribution is 2.37. The summed E-state index contributed by atoms with van der Waals surface area (Å²) < 4.78 is 68.3. The van der Waals surface area contributed by atoms with Crippen molar-refractivity contribution in [3.8, 4) is 11.5 Å². The number of hydrogen-bond acceptors (Lipinski definition) is 5. The van der Waals surface area contributed by atoms with Gasteiger partial charge in [-0.2, -0.15) is 0 Å². The lowest BCUT2D eigenvalue weighted by Gasteiger charge is -2.25. The smallest absolute Gasteiger partial charge is 0.173 e. The molecule has 0 bridgehead atoms. The first-order valence-electron chi connectivity index (χ1n) is 12.8. The molecular weight excluding hydrogens is 566 g/mol. The molecule has 0 amide bonds. The van der Waals surface area contributed by atoms with Gasteiger partial charge < -0.3 is 14.0 Å². The molecule has 0 unspecified atom stereocenters. The highest BCUT2D eigenvalue weighted by Gasteiger charge is 2.31. The summed E-state index contributed by atoms with van der Waals surface area (Å²) >= 11 is 0. The molecule has 0 heterocycles. The van der Waals surface area contributed by atoms with Crippen LogP contribution in [0.15, 0.2) is 117 Å². The molecule has 41 heavy (non-hydrogen) atoms. The molecule has 0 fully saturated rings. The van der Waals surface area contributed by atoms with Crippen LogP contribution in [0.25, 0.3) is 0 Å². The Morgan fingerprint density at radius 1 is 0.610 bits per heavy atom. The van der Waals surface area contributed by atoms with Crippen LogP contribution in [0.5, 0.6) is 11.5 Å². The Morgan fingerprint density at radius 2 is 1.00 bits per heavy atom. The summed E-state index contributed by atoms with van der Waals surface area (Å²) in [6.45, 7) is 12.4. The zero-order valence-corrected chi connectivity index (χ0v) is 25.5. The van der Waals surface area contributed by atoms with Gasteiger partial charge in [-0.25, -0.2) is 17.2 Å². The zero-order chi connectivity index (χ0) is 30.4. The monoisotopic (exact) mass is 600 g/mol. The zero-order valence-electron chi connectivity index (χ0n) is 23.9. The normalized spacial score (nSPS) is 12.0. The van der Waals surface area contributed by atoms with Crippen molar-refractivity contribution in [1.82, 2.24) is 0 Å². The molecule has 0 saturated carbocycles. The Balaban J connectivity index is 0.000000322. The molecule has 0 saturated heterocycles. The van der Waals surface area contributed by atoms with Gasteiger partial charge in [-0.3, -0.25) is 0 Å². The van der Waals surface area contributed by atoms with Gasteiger partial charge in [0.2, 0.25) is 0 Å². The molecule has 0 N–H and O–H groups in total. The minimum Gasteiger partial charge on any atom is -0.744 e. The van der Waals surface area contributed by atoms with Crippen molar-refractivity contribution in [2.75, 3.05) is 0 Å². The second kappa shape index (κ2) is 13.1. The summed E-state index contributed by atoms with van der Waals surface area (Å²) in [6.07, 6.45) is 0. The van der Waals surface area contributed by atoms with Gasteiger partial charge in [0.1, 0.15) is 49.3 Å². The van der Waals surface area contributed by atoms with E-state index in [1.54, 1.807) is 0 Å². The van der Waals surface area contributed by atoms with Crippen molar-refractivity contribution >= 4 is 21.0 Å². The molecule has 0 aliphatic carbocycles. The molecule has 4 aromatic carbocycles. The summed E-state index contributed by atoms with van der Waals surface area (Å²) in [5.74, 6) is -1.08. The first-order valence-corrected chi connectivity index (χ1v) is 15.4. The van der Waals surface area contributed by atoms with Gasteiger partial charge in [0.05, 0.1) is 10.9 Å². The first-order chi connectivity index (χ1) is 19.0. The van der Waals surface area contributed by atoms with E-state index in [1.165, 1.54) is 14.7 Å². The van der Waals surface area contributed by atoms with Crippen molar-refractivity contribution in [1.29, 1.82) is 0 Å². The highest BCUT2D eigenvalue weighted by atomic mass is 32.2. The minimum atomic E-state index is -5.06. The molecule has 0 spiro atoms. The molecule has 4 aromatic rings. The van der Waals surface area contributed by atoms with Crippen LogP contribution in [-0.4, -0.2) is 24.2 Å². The molecule has 218 valence electrons. The van der Waals surface area contributed by atoms with Gasteiger partial charge in [0.15, 0.2) is 14.7 Å². The Labute approximate surface area is 244 Å². The molecule has 4 rings (SSSR count). The third kappa shape index (κ3) is 9.88. The van der Waals surface area contributed by atoms with Gasteiger partial charge in [-0.15, -0.1) is 0 Å². The van der Waals surface area contributed by atoms with Crippen LogP contribution >= 0.6 is 0 Å². The van der Waals surface area contributed by atoms with Crippen LogP contribution in [-0.2, 0) is 21.0 Å². The number of hydrogen-bond donors (Lipinski definition) is 0. The summed E-state index contributed by atoms with van der Waals surface area (Å²) in [6, 6.07) is 30.0. The average Bonchev–Trinajstić information content (AvgIpc) is 2.83. The lowest BCUT2D eigenvalue weighted by Crippen LogP contribution is -2.24. The van der Waals surface area contributed by atoms with E-state index >= 15 is 0 Å². The maximum absolute atomic E-state index is 12.5. The van der Waals surface area contributed by atoms with E-state index < -0.39 is 26.6 Å². The number of benzene rings is 4. The van der Waals surface area contributed by atoms with Crippen LogP contribution in [0, 0.1) is 11.6 Å². The van der Waals surface area contributed by atoms with E-state index in [9.17, 15) is 21.8 Å². The minimum absolute atomic E-state index is 0.252. The molecule has 0 atom stereocenters.